The van der Waals surface area contributed by atoms with Crippen molar-refractivity contribution < 1.29 is 14.7 Å². The Balaban J connectivity index is 2.74. The molecule has 5 nitrogen and oxygen atoms in total. The lowest BCUT2D eigenvalue weighted by molar-refractivity contribution is -0.143. The molecule has 0 aromatic rings. The van der Waals surface area contributed by atoms with Gasteiger partial charge < -0.3 is 15.3 Å². The highest BCUT2D eigenvalue weighted by molar-refractivity contribution is 5.88. The van der Waals surface area contributed by atoms with Crippen LogP contribution in [0.4, 0.5) is 0 Å². The Morgan fingerprint density at radius 3 is 2.45 bits per heavy atom. The van der Waals surface area contributed by atoms with E-state index < -0.39 is 11.6 Å². The van der Waals surface area contributed by atoms with Gasteiger partial charge in [0.25, 0.3) is 0 Å². The van der Waals surface area contributed by atoms with E-state index in [1.54, 1.807) is 11.8 Å². The third-order valence-electron chi connectivity index (χ3n) is 4.60. The van der Waals surface area contributed by atoms with Gasteiger partial charge >= 0.3 is 0 Å². The monoisotopic (exact) mass is 312 g/mol. The number of likely N-dealkylation sites (tertiary alicyclic amines) is 1. The van der Waals surface area contributed by atoms with Gasteiger partial charge in [-0.15, -0.1) is 0 Å². The van der Waals surface area contributed by atoms with E-state index in [1.807, 2.05) is 13.8 Å². The van der Waals surface area contributed by atoms with Crippen molar-refractivity contribution >= 4 is 11.8 Å². The number of amides is 2. The normalized spacial score (nSPS) is 20.2. The van der Waals surface area contributed by atoms with Crippen LogP contribution in [0, 0.1) is 11.8 Å². The van der Waals surface area contributed by atoms with Crippen LogP contribution in [0.3, 0.4) is 0 Å². The molecule has 2 atom stereocenters. The lowest BCUT2D eigenvalue weighted by Gasteiger charge is -2.36. The van der Waals surface area contributed by atoms with E-state index in [2.05, 4.69) is 19.2 Å². The molecule has 2 unspecified atom stereocenters. The molecule has 1 fully saturated rings. The Kier molecular flexibility index (Phi) is 6.85. The lowest BCUT2D eigenvalue weighted by Crippen LogP contribution is -2.54. The maximum Gasteiger partial charge on any atom is 0.242 e. The van der Waals surface area contributed by atoms with Crippen molar-refractivity contribution in [1.82, 2.24) is 10.2 Å². The fourth-order valence-corrected chi connectivity index (χ4v) is 2.57. The van der Waals surface area contributed by atoms with Crippen LogP contribution in [0.1, 0.15) is 60.3 Å². The largest absolute Gasteiger partial charge is 0.388 e. The van der Waals surface area contributed by atoms with Gasteiger partial charge in [0, 0.05) is 19.5 Å². The summed E-state index contributed by atoms with van der Waals surface area (Å²) < 4.78 is 0. The number of aliphatic hydroxyl groups is 1. The SMILES string of the molecule is CC(C)CC(C(=O)NCC(C)(O)C(C)C)N1CCCCC1=O. The highest BCUT2D eigenvalue weighted by Crippen LogP contribution is 2.20. The molecule has 2 N–H and O–H groups in total. The number of piperidine rings is 1. The van der Waals surface area contributed by atoms with Crippen LogP contribution in [-0.2, 0) is 9.59 Å². The zero-order valence-corrected chi connectivity index (χ0v) is 14.7. The van der Waals surface area contributed by atoms with Crippen LogP contribution < -0.4 is 5.32 Å². The lowest BCUT2D eigenvalue weighted by atomic mass is 9.92. The third-order valence-corrected chi connectivity index (χ3v) is 4.60. The Bertz CT molecular complexity index is 391. The van der Waals surface area contributed by atoms with Crippen LogP contribution in [0.15, 0.2) is 0 Å². The van der Waals surface area contributed by atoms with Gasteiger partial charge in [0.1, 0.15) is 6.04 Å². The third kappa shape index (κ3) is 5.27. The fraction of sp³-hybridized carbons (Fsp3) is 0.882. The number of rotatable bonds is 7. The maximum atomic E-state index is 12.6. The molecule has 5 heteroatoms. The molecule has 0 bridgehead atoms. The number of hydrogen-bond donors (Lipinski definition) is 2. The van der Waals surface area contributed by atoms with Crippen molar-refractivity contribution in [3.63, 3.8) is 0 Å². The fourth-order valence-electron chi connectivity index (χ4n) is 2.57. The Hall–Kier alpha value is -1.10. The summed E-state index contributed by atoms with van der Waals surface area (Å²) in [5.74, 6) is 0.302. The Morgan fingerprint density at radius 1 is 1.32 bits per heavy atom. The van der Waals surface area contributed by atoms with Gasteiger partial charge in [-0.3, -0.25) is 9.59 Å². The van der Waals surface area contributed by atoms with Gasteiger partial charge in [-0.05, 0) is 38.0 Å². The van der Waals surface area contributed by atoms with Crippen LogP contribution in [0.5, 0.6) is 0 Å². The van der Waals surface area contributed by atoms with Crippen molar-refractivity contribution in [1.29, 1.82) is 0 Å². The molecule has 1 heterocycles. The summed E-state index contributed by atoms with van der Waals surface area (Å²) in [5, 5.41) is 13.1. The standard InChI is InChI=1S/C17H32N2O3/c1-12(2)10-14(19-9-7-6-8-15(19)20)16(21)18-11-17(5,22)13(3)4/h12-14,22H,6-11H2,1-5H3,(H,18,21). The van der Waals surface area contributed by atoms with Gasteiger partial charge in [-0.2, -0.15) is 0 Å². The van der Waals surface area contributed by atoms with Gasteiger partial charge in [0.15, 0.2) is 0 Å². The van der Waals surface area contributed by atoms with Crippen LogP contribution in [-0.4, -0.2) is 46.6 Å². The van der Waals surface area contributed by atoms with E-state index in [0.29, 0.717) is 25.3 Å². The minimum atomic E-state index is -0.941. The second kappa shape index (κ2) is 7.95. The molecule has 1 aliphatic heterocycles. The summed E-state index contributed by atoms with van der Waals surface area (Å²) in [6.45, 7) is 10.5. The number of nitrogens with zero attached hydrogens (tertiary/aromatic N) is 1. The van der Waals surface area contributed by atoms with Crippen molar-refractivity contribution in [2.45, 2.75) is 71.9 Å². The summed E-state index contributed by atoms with van der Waals surface area (Å²) in [7, 11) is 0. The van der Waals surface area contributed by atoms with Gasteiger partial charge in [-0.25, -0.2) is 0 Å². The Morgan fingerprint density at radius 2 is 1.95 bits per heavy atom. The maximum absolute atomic E-state index is 12.6. The molecular formula is C17H32N2O3. The van der Waals surface area contributed by atoms with Crippen molar-refractivity contribution in [2.75, 3.05) is 13.1 Å². The first kappa shape index (κ1) is 18.9. The molecule has 0 aromatic heterocycles. The predicted octanol–water partition coefficient (Wildman–Crippen LogP) is 1.94. The Labute approximate surface area is 134 Å². The van der Waals surface area contributed by atoms with Crippen LogP contribution >= 0.6 is 0 Å². The van der Waals surface area contributed by atoms with Crippen LogP contribution in [0.2, 0.25) is 0 Å². The first-order chi connectivity index (χ1) is 10.1. The summed E-state index contributed by atoms with van der Waals surface area (Å²) in [5.41, 5.74) is -0.941. The van der Waals surface area contributed by atoms with E-state index in [1.165, 1.54) is 0 Å². The number of nitrogens with one attached hydrogen (secondary N) is 1. The van der Waals surface area contributed by atoms with Crippen molar-refractivity contribution in [3.05, 3.63) is 0 Å². The molecule has 1 saturated heterocycles. The molecular weight excluding hydrogens is 280 g/mol. The molecule has 0 saturated carbocycles. The molecule has 128 valence electrons. The van der Waals surface area contributed by atoms with Crippen molar-refractivity contribution in [3.8, 4) is 0 Å². The second-order valence-corrected chi connectivity index (χ2v) is 7.42. The van der Waals surface area contributed by atoms with Gasteiger partial charge in [0.05, 0.1) is 5.60 Å². The van der Waals surface area contributed by atoms with E-state index in [-0.39, 0.29) is 24.3 Å². The first-order valence-electron chi connectivity index (χ1n) is 8.44. The smallest absolute Gasteiger partial charge is 0.242 e. The molecule has 2 amide bonds. The summed E-state index contributed by atoms with van der Waals surface area (Å²) in [4.78, 5) is 26.4. The molecule has 1 aliphatic rings. The zero-order chi connectivity index (χ0) is 16.9. The average molecular weight is 312 g/mol. The molecule has 0 spiro atoms. The second-order valence-electron chi connectivity index (χ2n) is 7.42. The van der Waals surface area contributed by atoms with Crippen LogP contribution in [0.25, 0.3) is 0 Å². The van der Waals surface area contributed by atoms with Crippen molar-refractivity contribution in [2.24, 2.45) is 11.8 Å². The summed E-state index contributed by atoms with van der Waals surface area (Å²) in [6.07, 6.45) is 3.05. The molecule has 1 rings (SSSR count). The number of carbonyl (C=O) groups is 2. The highest BCUT2D eigenvalue weighted by Gasteiger charge is 2.33. The minimum Gasteiger partial charge on any atom is -0.388 e. The highest BCUT2D eigenvalue weighted by atomic mass is 16.3. The first-order valence-corrected chi connectivity index (χ1v) is 8.44. The van der Waals surface area contributed by atoms with E-state index in [0.717, 1.165) is 12.8 Å². The van der Waals surface area contributed by atoms with E-state index >= 15 is 0 Å². The summed E-state index contributed by atoms with van der Waals surface area (Å²) in [6, 6.07) is -0.421. The molecule has 0 aliphatic carbocycles. The van der Waals surface area contributed by atoms with Gasteiger partial charge in [0.2, 0.25) is 11.8 Å². The van der Waals surface area contributed by atoms with Gasteiger partial charge in [-0.1, -0.05) is 27.7 Å². The summed E-state index contributed by atoms with van der Waals surface area (Å²) >= 11 is 0. The number of carbonyl (C=O) groups excluding carboxylic acids is 2. The topological polar surface area (TPSA) is 69.6 Å². The zero-order valence-electron chi connectivity index (χ0n) is 14.7. The average Bonchev–Trinajstić information content (AvgIpc) is 2.43. The number of hydrogen-bond acceptors (Lipinski definition) is 3. The molecule has 22 heavy (non-hydrogen) atoms. The predicted molar refractivity (Wildman–Crippen MR) is 87.3 cm³/mol. The molecule has 0 radical (unpaired) electrons. The van der Waals surface area contributed by atoms with E-state index in [9.17, 15) is 14.7 Å². The molecule has 0 aromatic carbocycles. The van der Waals surface area contributed by atoms with E-state index in [4.69, 9.17) is 0 Å². The minimum absolute atomic E-state index is 0.0490. The quantitative estimate of drug-likeness (QED) is 0.755.